The number of benzene rings is 1. The topological polar surface area (TPSA) is 108 Å². The number of fused-ring (bicyclic) bond motifs is 3. The van der Waals surface area contributed by atoms with E-state index in [-0.39, 0.29) is 17.7 Å². The summed E-state index contributed by atoms with van der Waals surface area (Å²) in [5.74, 6) is -0.0858. The van der Waals surface area contributed by atoms with Crippen LogP contribution in [0.4, 0.5) is 0 Å². The van der Waals surface area contributed by atoms with Gasteiger partial charge in [0.2, 0.25) is 0 Å². The molecule has 4 aromatic heterocycles. The van der Waals surface area contributed by atoms with E-state index < -0.39 is 5.97 Å². The molecule has 1 atom stereocenters. The van der Waals surface area contributed by atoms with Crippen LogP contribution in [0.5, 0.6) is 0 Å². The Morgan fingerprint density at radius 2 is 1.81 bits per heavy atom. The molecule has 9 heteroatoms. The van der Waals surface area contributed by atoms with Crippen LogP contribution in [-0.2, 0) is 11.8 Å². The Hall–Kier alpha value is -3.98. The minimum absolute atomic E-state index is 0.0294. The van der Waals surface area contributed by atoms with Gasteiger partial charge in [0.15, 0.2) is 5.69 Å². The van der Waals surface area contributed by atoms with E-state index in [0.717, 1.165) is 57.6 Å². The van der Waals surface area contributed by atoms with E-state index in [1.807, 2.05) is 38.2 Å². The van der Waals surface area contributed by atoms with Crippen molar-refractivity contribution in [1.29, 1.82) is 0 Å². The van der Waals surface area contributed by atoms with E-state index in [4.69, 9.17) is 14.2 Å². The third-order valence-electron chi connectivity index (χ3n) is 7.67. The monoisotopic (exact) mass is 499 g/mol. The molecule has 6 rings (SSSR count). The number of hydrogen-bond acceptors (Lipinski definition) is 6. The highest BCUT2D eigenvalue weighted by molar-refractivity contribution is 6.12. The first kappa shape index (κ1) is 23.4. The smallest absolute Gasteiger partial charge is 0.358 e. The zero-order valence-corrected chi connectivity index (χ0v) is 21.4. The van der Waals surface area contributed by atoms with Crippen molar-refractivity contribution < 1.29 is 19.2 Å². The third-order valence-corrected chi connectivity index (χ3v) is 7.67. The molecule has 1 saturated heterocycles. The van der Waals surface area contributed by atoms with Gasteiger partial charge in [0.05, 0.1) is 17.3 Å². The Bertz CT molecular complexity index is 1620. The fourth-order valence-corrected chi connectivity index (χ4v) is 6.03. The maximum absolute atomic E-state index is 12.5. The number of carboxylic acid groups (broad SMARTS) is 1. The lowest BCUT2D eigenvalue weighted by atomic mass is 9.86. The Kier molecular flexibility index (Phi) is 5.60. The molecule has 0 radical (unpaired) electrons. The SMILES string of the molecule is Cc1noc(C)c1-c1cnc2c3c(c(C(=O)O)nn3C)n([C@H](c3ccccc3)C3CCOCC3)c2c1C. The number of rotatable bonds is 5. The highest BCUT2D eigenvalue weighted by Crippen LogP contribution is 2.44. The van der Waals surface area contributed by atoms with Crippen LogP contribution >= 0.6 is 0 Å². The van der Waals surface area contributed by atoms with Gasteiger partial charge in [-0.25, -0.2) is 4.79 Å². The summed E-state index contributed by atoms with van der Waals surface area (Å²) in [5, 5.41) is 18.8. The van der Waals surface area contributed by atoms with Gasteiger partial charge in [-0.1, -0.05) is 35.5 Å². The Morgan fingerprint density at radius 3 is 2.46 bits per heavy atom. The fraction of sp³-hybridized carbons (Fsp3) is 0.357. The molecule has 1 fully saturated rings. The molecular weight excluding hydrogens is 470 g/mol. The zero-order valence-electron chi connectivity index (χ0n) is 21.4. The molecule has 1 aromatic carbocycles. The van der Waals surface area contributed by atoms with Crippen LogP contribution in [0.1, 0.15) is 52.0 Å². The summed E-state index contributed by atoms with van der Waals surface area (Å²) in [5.41, 5.74) is 7.74. The minimum Gasteiger partial charge on any atom is -0.476 e. The van der Waals surface area contributed by atoms with Crippen molar-refractivity contribution >= 4 is 28.0 Å². The minimum atomic E-state index is -1.06. The van der Waals surface area contributed by atoms with Gasteiger partial charge in [-0.3, -0.25) is 9.67 Å². The van der Waals surface area contributed by atoms with Gasteiger partial charge < -0.3 is 18.9 Å². The van der Waals surface area contributed by atoms with Crippen LogP contribution in [0, 0.1) is 26.7 Å². The summed E-state index contributed by atoms with van der Waals surface area (Å²) in [7, 11) is 1.78. The van der Waals surface area contributed by atoms with Gasteiger partial charge in [-0.05, 0) is 50.7 Å². The lowest BCUT2D eigenvalue weighted by molar-refractivity contribution is 0.0551. The number of nitrogens with zero attached hydrogens (tertiary/aromatic N) is 5. The maximum Gasteiger partial charge on any atom is 0.358 e. The molecule has 190 valence electrons. The van der Waals surface area contributed by atoms with Crippen molar-refractivity contribution in [2.45, 2.75) is 39.7 Å². The second kappa shape index (κ2) is 8.85. The van der Waals surface area contributed by atoms with Crippen LogP contribution in [0.25, 0.3) is 33.2 Å². The van der Waals surface area contributed by atoms with Crippen molar-refractivity contribution in [3.63, 3.8) is 0 Å². The number of hydrogen-bond donors (Lipinski definition) is 1. The molecule has 37 heavy (non-hydrogen) atoms. The summed E-state index contributed by atoms with van der Waals surface area (Å²) in [6.07, 6.45) is 3.59. The number of carbonyl (C=O) groups is 1. The molecule has 1 aliphatic heterocycles. The zero-order chi connectivity index (χ0) is 25.8. The number of aromatic carboxylic acids is 1. The van der Waals surface area contributed by atoms with Crippen molar-refractivity contribution in [3.05, 3.63) is 64.8 Å². The van der Waals surface area contributed by atoms with E-state index >= 15 is 0 Å². The molecule has 0 bridgehead atoms. The number of aromatic nitrogens is 5. The van der Waals surface area contributed by atoms with Crippen molar-refractivity contribution in [2.24, 2.45) is 13.0 Å². The molecule has 1 N–H and O–H groups in total. The van der Waals surface area contributed by atoms with E-state index in [1.54, 1.807) is 11.7 Å². The van der Waals surface area contributed by atoms with E-state index in [1.165, 1.54) is 0 Å². The molecule has 0 unspecified atom stereocenters. The van der Waals surface area contributed by atoms with Crippen molar-refractivity contribution in [2.75, 3.05) is 13.2 Å². The highest BCUT2D eigenvalue weighted by Gasteiger charge is 2.34. The van der Waals surface area contributed by atoms with Gasteiger partial charge in [0.1, 0.15) is 22.3 Å². The summed E-state index contributed by atoms with van der Waals surface area (Å²) in [6.45, 7) is 7.25. The van der Waals surface area contributed by atoms with Crippen LogP contribution < -0.4 is 0 Å². The van der Waals surface area contributed by atoms with Crippen LogP contribution in [0.15, 0.2) is 41.1 Å². The molecule has 0 spiro atoms. The first-order valence-corrected chi connectivity index (χ1v) is 12.5. The van der Waals surface area contributed by atoms with Gasteiger partial charge in [0, 0.05) is 37.6 Å². The Balaban J connectivity index is 1.77. The number of carboxylic acids is 1. The summed E-state index contributed by atoms with van der Waals surface area (Å²) in [6, 6.07) is 10.2. The quantitative estimate of drug-likeness (QED) is 0.353. The summed E-state index contributed by atoms with van der Waals surface area (Å²) < 4.78 is 15.0. The largest absolute Gasteiger partial charge is 0.476 e. The Labute approximate surface area is 213 Å². The van der Waals surface area contributed by atoms with Gasteiger partial charge in [0.25, 0.3) is 0 Å². The molecule has 0 aliphatic carbocycles. The fourth-order valence-electron chi connectivity index (χ4n) is 6.03. The van der Waals surface area contributed by atoms with Crippen molar-refractivity contribution in [3.8, 4) is 11.1 Å². The number of pyridine rings is 1. The van der Waals surface area contributed by atoms with Crippen LogP contribution in [0.2, 0.25) is 0 Å². The highest BCUT2D eigenvalue weighted by atomic mass is 16.5. The van der Waals surface area contributed by atoms with E-state index in [0.29, 0.717) is 24.2 Å². The van der Waals surface area contributed by atoms with Gasteiger partial charge >= 0.3 is 5.97 Å². The summed E-state index contributed by atoms with van der Waals surface area (Å²) in [4.78, 5) is 17.4. The number of ether oxygens (including phenoxy) is 1. The average molecular weight is 500 g/mol. The normalized spacial score (nSPS) is 15.6. The maximum atomic E-state index is 12.5. The summed E-state index contributed by atoms with van der Waals surface area (Å²) >= 11 is 0. The predicted molar refractivity (Wildman–Crippen MR) is 139 cm³/mol. The second-order valence-corrected chi connectivity index (χ2v) is 9.84. The molecule has 0 saturated carbocycles. The van der Waals surface area contributed by atoms with Crippen LogP contribution in [-0.4, -0.2) is 48.8 Å². The molecule has 0 amide bonds. The lowest BCUT2D eigenvalue weighted by Crippen LogP contribution is -2.27. The second-order valence-electron chi connectivity index (χ2n) is 9.84. The molecule has 5 heterocycles. The first-order chi connectivity index (χ1) is 17.9. The van der Waals surface area contributed by atoms with Crippen LogP contribution in [0.3, 0.4) is 0 Å². The van der Waals surface area contributed by atoms with Crippen molar-refractivity contribution in [1.82, 2.24) is 24.5 Å². The molecular formula is C28H29N5O4. The average Bonchev–Trinajstić information content (AvgIpc) is 3.53. The Morgan fingerprint density at radius 1 is 1.08 bits per heavy atom. The van der Waals surface area contributed by atoms with E-state index in [9.17, 15) is 9.90 Å². The number of aryl methyl sites for hydroxylation is 4. The van der Waals surface area contributed by atoms with Gasteiger partial charge in [-0.2, -0.15) is 5.10 Å². The standard InChI is InChI=1S/C28H29N5O4/c1-15-20(21-16(2)31-37-17(21)3)14-29-22-24(15)33(27-23(28(34)35)30-32(4)26(22)27)25(18-8-6-5-7-9-18)19-10-12-36-13-11-19/h5-9,14,19,25H,10-13H2,1-4H3,(H,34,35)/t25-/m1/s1. The molecule has 5 aromatic rings. The predicted octanol–water partition coefficient (Wildman–Crippen LogP) is 5.22. The van der Waals surface area contributed by atoms with E-state index in [2.05, 4.69) is 33.9 Å². The lowest BCUT2D eigenvalue weighted by Gasteiger charge is -2.33. The molecule has 9 nitrogen and oxygen atoms in total. The first-order valence-electron chi connectivity index (χ1n) is 12.5. The molecule has 1 aliphatic rings. The third kappa shape index (κ3) is 3.56. The van der Waals surface area contributed by atoms with Gasteiger partial charge in [-0.15, -0.1) is 0 Å².